The highest BCUT2D eigenvalue weighted by atomic mass is 16.5. The highest BCUT2D eigenvalue weighted by molar-refractivity contribution is 5.75. The molecule has 2 aromatic heterocycles. The normalized spacial score (nSPS) is 14.3. The van der Waals surface area contributed by atoms with Gasteiger partial charge in [-0.15, -0.1) is 0 Å². The van der Waals surface area contributed by atoms with Crippen LogP contribution >= 0.6 is 0 Å². The first-order valence-corrected chi connectivity index (χ1v) is 8.92. The summed E-state index contributed by atoms with van der Waals surface area (Å²) in [6.07, 6.45) is 3.92. The molecule has 0 radical (unpaired) electrons. The van der Waals surface area contributed by atoms with Gasteiger partial charge in [-0.25, -0.2) is 4.98 Å². The number of benzene rings is 2. The number of hydrogen-bond acceptors (Lipinski definition) is 5. The van der Waals surface area contributed by atoms with Crippen LogP contribution in [0, 0.1) is 0 Å². The first-order chi connectivity index (χ1) is 12.9. The van der Waals surface area contributed by atoms with Gasteiger partial charge in [-0.1, -0.05) is 23.4 Å². The number of imidazole rings is 1. The fraction of sp³-hybridized carbons (Fsp3) is 0.250. The van der Waals surface area contributed by atoms with E-state index in [4.69, 9.17) is 4.52 Å². The molecule has 0 unspecified atom stereocenters. The summed E-state index contributed by atoms with van der Waals surface area (Å²) in [4.78, 5) is 9.00. The molecular weight excluding hydrogens is 326 g/mol. The zero-order valence-electron chi connectivity index (χ0n) is 14.4. The molecular formula is C20H19N5O. The fourth-order valence-electron chi connectivity index (χ4n) is 3.53. The molecule has 4 aromatic rings. The van der Waals surface area contributed by atoms with Gasteiger partial charge in [0.2, 0.25) is 0 Å². The minimum Gasteiger partial charge on any atom is -0.334 e. The van der Waals surface area contributed by atoms with Gasteiger partial charge in [-0.05, 0) is 61.3 Å². The molecule has 2 aromatic carbocycles. The van der Waals surface area contributed by atoms with E-state index >= 15 is 0 Å². The lowest BCUT2D eigenvalue weighted by Crippen LogP contribution is -2.16. The number of rotatable bonds is 3. The Hall–Kier alpha value is -2.99. The summed E-state index contributed by atoms with van der Waals surface area (Å²) in [5.74, 6) is 1.23. The SMILES string of the molecule is c1ccc2c(c1)ncn2Cc1noc(-c2ccc3c(c2)CCNCC3)n1. The largest absolute Gasteiger partial charge is 0.334 e. The quantitative estimate of drug-likeness (QED) is 0.618. The lowest BCUT2D eigenvalue weighted by molar-refractivity contribution is 0.421. The van der Waals surface area contributed by atoms with Crippen LogP contribution in [-0.4, -0.2) is 32.8 Å². The fourth-order valence-corrected chi connectivity index (χ4v) is 3.53. The Morgan fingerprint density at radius 1 is 1.04 bits per heavy atom. The van der Waals surface area contributed by atoms with Crippen LogP contribution in [0.25, 0.3) is 22.5 Å². The Labute approximate surface area is 150 Å². The van der Waals surface area contributed by atoms with Gasteiger partial charge in [-0.3, -0.25) is 0 Å². The van der Waals surface area contributed by atoms with Crippen molar-refractivity contribution in [2.45, 2.75) is 19.4 Å². The number of aromatic nitrogens is 4. The van der Waals surface area contributed by atoms with Gasteiger partial charge in [0.15, 0.2) is 5.82 Å². The maximum atomic E-state index is 5.52. The van der Waals surface area contributed by atoms with Crippen molar-refractivity contribution in [3.05, 3.63) is 65.7 Å². The predicted molar refractivity (Wildman–Crippen MR) is 98.8 cm³/mol. The van der Waals surface area contributed by atoms with E-state index in [2.05, 4.69) is 38.6 Å². The van der Waals surface area contributed by atoms with Crippen molar-refractivity contribution in [2.24, 2.45) is 0 Å². The number of hydrogen-bond donors (Lipinski definition) is 1. The molecule has 0 spiro atoms. The van der Waals surface area contributed by atoms with Crippen molar-refractivity contribution in [2.75, 3.05) is 13.1 Å². The Morgan fingerprint density at radius 3 is 2.88 bits per heavy atom. The summed E-state index contributed by atoms with van der Waals surface area (Å²) < 4.78 is 7.56. The van der Waals surface area contributed by atoms with Crippen LogP contribution in [0.1, 0.15) is 17.0 Å². The summed E-state index contributed by atoms with van der Waals surface area (Å²) >= 11 is 0. The van der Waals surface area contributed by atoms with Gasteiger partial charge in [0, 0.05) is 5.56 Å². The van der Waals surface area contributed by atoms with Crippen LogP contribution in [0.5, 0.6) is 0 Å². The van der Waals surface area contributed by atoms with E-state index in [0.29, 0.717) is 18.3 Å². The predicted octanol–water partition coefficient (Wildman–Crippen LogP) is 2.82. The first-order valence-electron chi connectivity index (χ1n) is 8.92. The Morgan fingerprint density at radius 2 is 1.92 bits per heavy atom. The molecule has 6 heteroatoms. The monoisotopic (exact) mass is 345 g/mol. The van der Waals surface area contributed by atoms with Crippen LogP contribution in [-0.2, 0) is 19.4 Å². The second kappa shape index (κ2) is 6.38. The van der Waals surface area contributed by atoms with Gasteiger partial charge in [0.1, 0.15) is 0 Å². The van der Waals surface area contributed by atoms with E-state index in [1.165, 1.54) is 11.1 Å². The highest BCUT2D eigenvalue weighted by Gasteiger charge is 2.14. The molecule has 3 heterocycles. The van der Waals surface area contributed by atoms with Crippen molar-refractivity contribution in [1.29, 1.82) is 0 Å². The topological polar surface area (TPSA) is 68.8 Å². The maximum absolute atomic E-state index is 5.52. The summed E-state index contributed by atoms with van der Waals surface area (Å²) in [6, 6.07) is 14.5. The molecule has 0 bridgehead atoms. The third-order valence-corrected chi connectivity index (χ3v) is 4.90. The smallest absolute Gasteiger partial charge is 0.257 e. The molecule has 1 aliphatic rings. The van der Waals surface area contributed by atoms with Gasteiger partial charge in [-0.2, -0.15) is 4.98 Å². The third-order valence-electron chi connectivity index (χ3n) is 4.90. The number of para-hydroxylation sites is 2. The van der Waals surface area contributed by atoms with Gasteiger partial charge >= 0.3 is 0 Å². The molecule has 0 atom stereocenters. The van der Waals surface area contributed by atoms with Crippen molar-refractivity contribution >= 4 is 11.0 Å². The van der Waals surface area contributed by atoms with Gasteiger partial charge < -0.3 is 14.4 Å². The average Bonchev–Trinajstić information content (AvgIpc) is 3.23. The van der Waals surface area contributed by atoms with Crippen LogP contribution in [0.4, 0.5) is 0 Å². The molecule has 0 fully saturated rings. The van der Waals surface area contributed by atoms with E-state index in [1.54, 1.807) is 0 Å². The molecule has 6 nitrogen and oxygen atoms in total. The van der Waals surface area contributed by atoms with E-state index in [-0.39, 0.29) is 0 Å². The molecule has 0 aliphatic carbocycles. The van der Waals surface area contributed by atoms with Crippen LogP contribution in [0.3, 0.4) is 0 Å². The minimum atomic E-state index is 0.541. The first kappa shape index (κ1) is 15.3. The number of nitrogens with zero attached hydrogens (tertiary/aromatic N) is 4. The number of fused-ring (bicyclic) bond motifs is 2. The zero-order chi connectivity index (χ0) is 17.3. The summed E-state index contributed by atoms with van der Waals surface area (Å²) in [7, 11) is 0. The molecule has 0 amide bonds. The zero-order valence-corrected chi connectivity index (χ0v) is 14.4. The molecule has 5 rings (SSSR count). The summed E-state index contributed by atoms with van der Waals surface area (Å²) in [5, 5.41) is 7.59. The Bertz CT molecular complexity index is 1060. The van der Waals surface area contributed by atoms with E-state index in [0.717, 1.165) is 42.5 Å². The molecule has 1 aliphatic heterocycles. The summed E-state index contributed by atoms with van der Waals surface area (Å²) in [5.41, 5.74) is 5.79. The van der Waals surface area contributed by atoms with Crippen LogP contribution in [0.15, 0.2) is 53.3 Å². The Kier molecular flexibility index (Phi) is 3.75. The van der Waals surface area contributed by atoms with Crippen LogP contribution < -0.4 is 5.32 Å². The molecule has 1 N–H and O–H groups in total. The highest BCUT2D eigenvalue weighted by Crippen LogP contribution is 2.23. The van der Waals surface area contributed by atoms with Gasteiger partial charge in [0.25, 0.3) is 5.89 Å². The second-order valence-corrected chi connectivity index (χ2v) is 6.61. The van der Waals surface area contributed by atoms with Crippen molar-refractivity contribution in [1.82, 2.24) is 25.0 Å². The lowest BCUT2D eigenvalue weighted by atomic mass is 10.00. The minimum absolute atomic E-state index is 0.541. The average molecular weight is 345 g/mol. The van der Waals surface area contributed by atoms with E-state index in [1.807, 2.05) is 35.2 Å². The second-order valence-electron chi connectivity index (χ2n) is 6.61. The molecule has 26 heavy (non-hydrogen) atoms. The van der Waals surface area contributed by atoms with Crippen LogP contribution in [0.2, 0.25) is 0 Å². The lowest BCUT2D eigenvalue weighted by Gasteiger charge is -2.05. The third kappa shape index (κ3) is 2.78. The molecule has 0 saturated carbocycles. The molecule has 0 saturated heterocycles. The van der Waals surface area contributed by atoms with Gasteiger partial charge in [0.05, 0.1) is 23.9 Å². The standard InChI is InChI=1S/C20H19N5O/c1-2-4-18-17(3-1)22-13-25(18)12-19-23-20(26-24-19)16-6-5-14-7-9-21-10-8-15(14)11-16/h1-6,11,13,21H,7-10,12H2. The maximum Gasteiger partial charge on any atom is 0.257 e. The van der Waals surface area contributed by atoms with Crippen molar-refractivity contribution in [3.63, 3.8) is 0 Å². The number of nitrogens with one attached hydrogen (secondary N) is 1. The van der Waals surface area contributed by atoms with Crippen molar-refractivity contribution in [3.8, 4) is 11.5 Å². The van der Waals surface area contributed by atoms with E-state index < -0.39 is 0 Å². The van der Waals surface area contributed by atoms with Crippen molar-refractivity contribution < 1.29 is 4.52 Å². The summed E-state index contributed by atoms with van der Waals surface area (Å²) in [6.45, 7) is 2.59. The van der Waals surface area contributed by atoms with E-state index in [9.17, 15) is 0 Å². The molecule has 130 valence electrons. The Balaban J connectivity index is 1.42.